The molecule has 2 unspecified atom stereocenters. The predicted molar refractivity (Wildman–Crippen MR) is 138 cm³/mol. The molecule has 3 amide bonds. The summed E-state index contributed by atoms with van der Waals surface area (Å²) in [6.45, 7) is 0.934. The Balaban J connectivity index is 1.69. The number of nitrogens with zero attached hydrogens (tertiary/aromatic N) is 2. The summed E-state index contributed by atoms with van der Waals surface area (Å²) in [6.07, 6.45) is 2.30. The molecule has 0 aliphatic rings. The molecular weight excluding hydrogens is 484 g/mol. The SMILES string of the molecule is NCCCC(NC(=O)c1csc(C(N)CCCCN=C(N)NC(=O)OCc2ccccc2)n1)C(N)=O. The maximum absolute atomic E-state index is 12.4. The Labute approximate surface area is 213 Å². The summed E-state index contributed by atoms with van der Waals surface area (Å²) in [7, 11) is 0. The van der Waals surface area contributed by atoms with Gasteiger partial charge in [0.2, 0.25) is 5.91 Å². The summed E-state index contributed by atoms with van der Waals surface area (Å²) < 4.78 is 5.09. The highest BCUT2D eigenvalue weighted by Crippen LogP contribution is 2.21. The molecule has 0 radical (unpaired) electrons. The second-order valence-corrected chi connectivity index (χ2v) is 8.88. The van der Waals surface area contributed by atoms with E-state index in [9.17, 15) is 14.4 Å². The zero-order valence-corrected chi connectivity index (χ0v) is 20.8. The molecule has 1 aromatic carbocycles. The van der Waals surface area contributed by atoms with Crippen LogP contribution in [0.4, 0.5) is 4.79 Å². The lowest BCUT2D eigenvalue weighted by atomic mass is 10.1. The molecule has 0 saturated carbocycles. The maximum atomic E-state index is 12.4. The number of carbonyl (C=O) groups is 3. The summed E-state index contributed by atoms with van der Waals surface area (Å²) in [6, 6.07) is 8.13. The van der Waals surface area contributed by atoms with Gasteiger partial charge in [0.25, 0.3) is 5.91 Å². The number of nitrogens with two attached hydrogens (primary N) is 4. The minimum atomic E-state index is -0.798. The number of thiazole rings is 1. The van der Waals surface area contributed by atoms with Crippen molar-refractivity contribution in [2.24, 2.45) is 27.9 Å². The number of rotatable bonds is 14. The van der Waals surface area contributed by atoms with Gasteiger partial charge in [-0.1, -0.05) is 30.3 Å². The number of aromatic nitrogens is 1. The van der Waals surface area contributed by atoms with Gasteiger partial charge in [-0.15, -0.1) is 11.3 Å². The highest BCUT2D eigenvalue weighted by molar-refractivity contribution is 7.09. The topological polar surface area (TPSA) is 214 Å². The van der Waals surface area contributed by atoms with E-state index in [1.165, 1.54) is 11.3 Å². The van der Waals surface area contributed by atoms with Gasteiger partial charge in [-0.05, 0) is 44.2 Å². The minimum Gasteiger partial charge on any atom is -0.444 e. The quantitative estimate of drug-likeness (QED) is 0.120. The summed E-state index contributed by atoms with van der Waals surface area (Å²) in [5, 5.41) is 7.18. The lowest BCUT2D eigenvalue weighted by Crippen LogP contribution is -2.44. The van der Waals surface area contributed by atoms with Crippen LogP contribution < -0.4 is 33.6 Å². The molecule has 10 N–H and O–H groups in total. The van der Waals surface area contributed by atoms with E-state index in [4.69, 9.17) is 27.7 Å². The smallest absolute Gasteiger partial charge is 0.414 e. The van der Waals surface area contributed by atoms with Gasteiger partial charge in [-0.25, -0.2) is 9.78 Å². The third kappa shape index (κ3) is 10.4. The molecule has 1 aromatic heterocycles. The molecule has 2 aromatic rings. The van der Waals surface area contributed by atoms with E-state index in [-0.39, 0.29) is 24.3 Å². The molecule has 0 bridgehead atoms. The predicted octanol–water partition coefficient (Wildman–Crippen LogP) is 0.877. The van der Waals surface area contributed by atoms with Gasteiger partial charge >= 0.3 is 6.09 Å². The van der Waals surface area contributed by atoms with Gasteiger partial charge in [-0.3, -0.25) is 19.9 Å². The maximum Gasteiger partial charge on any atom is 0.414 e. The molecule has 0 saturated heterocycles. The number of hydrogen-bond donors (Lipinski definition) is 6. The van der Waals surface area contributed by atoms with Gasteiger partial charge in [-0.2, -0.15) is 0 Å². The minimum absolute atomic E-state index is 0.0198. The third-order valence-electron chi connectivity index (χ3n) is 5.07. The van der Waals surface area contributed by atoms with Gasteiger partial charge in [0.15, 0.2) is 5.96 Å². The fourth-order valence-electron chi connectivity index (χ4n) is 3.10. The van der Waals surface area contributed by atoms with Crippen LogP contribution in [0.25, 0.3) is 0 Å². The highest BCUT2D eigenvalue weighted by Gasteiger charge is 2.21. The fraction of sp³-hybridized carbons (Fsp3) is 0.435. The van der Waals surface area contributed by atoms with Crippen LogP contribution in [0, 0.1) is 0 Å². The number of ether oxygens (including phenoxy) is 1. The number of carbonyl (C=O) groups excluding carboxylic acids is 3. The number of benzene rings is 1. The van der Waals surface area contributed by atoms with Crippen molar-refractivity contribution in [3.05, 3.63) is 52.0 Å². The average molecular weight is 519 g/mol. The first-order chi connectivity index (χ1) is 17.3. The Kier molecular flexibility index (Phi) is 12.3. The van der Waals surface area contributed by atoms with E-state index in [0.717, 1.165) is 12.0 Å². The van der Waals surface area contributed by atoms with Crippen LogP contribution in [0.15, 0.2) is 40.7 Å². The molecule has 0 aliphatic carbocycles. The van der Waals surface area contributed by atoms with Crippen LogP contribution >= 0.6 is 11.3 Å². The van der Waals surface area contributed by atoms with E-state index in [0.29, 0.717) is 43.8 Å². The van der Waals surface area contributed by atoms with Gasteiger partial charge < -0.3 is 33.0 Å². The molecule has 196 valence electrons. The molecule has 2 atom stereocenters. The lowest BCUT2D eigenvalue weighted by molar-refractivity contribution is -0.120. The monoisotopic (exact) mass is 518 g/mol. The van der Waals surface area contributed by atoms with Gasteiger partial charge in [0.05, 0.1) is 6.04 Å². The molecular formula is C23H34N8O4S. The number of unbranched alkanes of at least 4 members (excludes halogenated alkanes) is 1. The number of hydrogen-bond acceptors (Lipinski definition) is 9. The molecule has 0 aliphatic heterocycles. The first kappa shape index (κ1) is 28.7. The van der Waals surface area contributed by atoms with Crippen molar-refractivity contribution in [1.29, 1.82) is 0 Å². The number of aliphatic imine (C=N–C) groups is 1. The van der Waals surface area contributed by atoms with Crippen LogP contribution in [0.3, 0.4) is 0 Å². The molecule has 0 fully saturated rings. The second-order valence-electron chi connectivity index (χ2n) is 7.99. The zero-order chi connectivity index (χ0) is 26.3. The van der Waals surface area contributed by atoms with Crippen LogP contribution in [0.1, 0.15) is 59.2 Å². The number of alkyl carbamates (subject to hydrolysis) is 1. The number of guanidine groups is 1. The van der Waals surface area contributed by atoms with Gasteiger partial charge in [0.1, 0.15) is 23.4 Å². The van der Waals surface area contributed by atoms with Crippen molar-refractivity contribution >= 4 is 35.2 Å². The normalized spacial score (nSPS) is 13.0. The molecule has 2 rings (SSSR count). The van der Waals surface area contributed by atoms with E-state index < -0.39 is 23.9 Å². The van der Waals surface area contributed by atoms with Crippen molar-refractivity contribution in [1.82, 2.24) is 15.6 Å². The summed E-state index contributed by atoms with van der Waals surface area (Å²) in [5.74, 6) is -1.12. The summed E-state index contributed by atoms with van der Waals surface area (Å²) in [4.78, 5) is 44.1. The summed E-state index contributed by atoms with van der Waals surface area (Å²) in [5.41, 5.74) is 23.8. The van der Waals surface area contributed by atoms with Gasteiger partial charge in [0, 0.05) is 11.9 Å². The third-order valence-corrected chi connectivity index (χ3v) is 6.04. The second kappa shape index (κ2) is 15.4. The van der Waals surface area contributed by atoms with E-state index in [1.54, 1.807) is 5.38 Å². The van der Waals surface area contributed by atoms with Crippen LogP contribution in [-0.4, -0.2) is 48.0 Å². The zero-order valence-electron chi connectivity index (χ0n) is 20.0. The Morgan fingerprint density at radius 1 is 1.08 bits per heavy atom. The molecule has 1 heterocycles. The molecule has 0 spiro atoms. The highest BCUT2D eigenvalue weighted by atomic mass is 32.1. The van der Waals surface area contributed by atoms with Crippen molar-refractivity contribution < 1.29 is 19.1 Å². The Hall–Kier alpha value is -3.55. The Morgan fingerprint density at radius 2 is 1.83 bits per heavy atom. The van der Waals surface area contributed by atoms with Crippen molar-refractivity contribution in [3.8, 4) is 0 Å². The molecule has 12 nitrogen and oxygen atoms in total. The Bertz CT molecular complexity index is 1010. The number of nitrogens with one attached hydrogen (secondary N) is 2. The van der Waals surface area contributed by atoms with E-state index in [2.05, 4.69) is 20.6 Å². The largest absolute Gasteiger partial charge is 0.444 e. The summed E-state index contributed by atoms with van der Waals surface area (Å²) >= 11 is 1.28. The first-order valence-electron chi connectivity index (χ1n) is 11.6. The van der Waals surface area contributed by atoms with Crippen molar-refractivity contribution in [2.45, 2.75) is 50.8 Å². The fourth-order valence-corrected chi connectivity index (χ4v) is 3.94. The molecule has 36 heavy (non-hydrogen) atoms. The standard InChI is InChI=1S/C23H34N8O4S/c24-11-6-10-17(19(26)32)29-20(33)18-14-36-21(30-18)16(25)9-4-5-12-28-22(27)31-23(34)35-13-15-7-2-1-3-8-15/h1-3,7-8,14,16-17H,4-6,9-13,24-25H2,(H2,26,32)(H,29,33)(H3,27,28,31,34). The average Bonchev–Trinajstić information content (AvgIpc) is 3.36. The van der Waals surface area contributed by atoms with Crippen molar-refractivity contribution in [3.63, 3.8) is 0 Å². The van der Waals surface area contributed by atoms with Crippen LogP contribution in [0.5, 0.6) is 0 Å². The number of primary amides is 1. The van der Waals surface area contributed by atoms with E-state index in [1.807, 2.05) is 30.3 Å². The lowest BCUT2D eigenvalue weighted by Gasteiger charge is -2.14. The van der Waals surface area contributed by atoms with Crippen molar-refractivity contribution in [2.75, 3.05) is 13.1 Å². The first-order valence-corrected chi connectivity index (χ1v) is 12.5. The van der Waals surface area contributed by atoms with Crippen LogP contribution in [0.2, 0.25) is 0 Å². The Morgan fingerprint density at radius 3 is 2.53 bits per heavy atom. The van der Waals surface area contributed by atoms with E-state index >= 15 is 0 Å². The number of amides is 3. The molecule has 13 heteroatoms. The van der Waals surface area contributed by atoms with Crippen LogP contribution in [-0.2, 0) is 16.1 Å².